The molecule has 0 unspecified atom stereocenters. The summed E-state index contributed by atoms with van der Waals surface area (Å²) in [7, 11) is 2.06. The molecule has 0 aromatic heterocycles. The second-order valence-electron chi connectivity index (χ2n) is 7.47. The SMILES string of the molecule is CN1CCN(C(=O)C(C)(C)C(=O)N2CCc3ccccc3C2)CC1. The van der Waals surface area contributed by atoms with Crippen LogP contribution in [0.25, 0.3) is 0 Å². The summed E-state index contributed by atoms with van der Waals surface area (Å²) in [6.07, 6.45) is 0.862. The highest BCUT2D eigenvalue weighted by atomic mass is 16.2. The Balaban J connectivity index is 1.70. The molecule has 2 aliphatic rings. The monoisotopic (exact) mass is 329 g/mol. The van der Waals surface area contributed by atoms with E-state index >= 15 is 0 Å². The van der Waals surface area contributed by atoms with Crippen molar-refractivity contribution < 1.29 is 9.59 Å². The smallest absolute Gasteiger partial charge is 0.238 e. The zero-order valence-corrected chi connectivity index (χ0v) is 14.9. The van der Waals surface area contributed by atoms with E-state index in [1.165, 1.54) is 11.1 Å². The number of nitrogens with zero attached hydrogens (tertiary/aromatic N) is 3. The van der Waals surface area contributed by atoms with Gasteiger partial charge in [0.05, 0.1) is 0 Å². The number of likely N-dealkylation sites (N-methyl/N-ethyl adjacent to an activating group) is 1. The van der Waals surface area contributed by atoms with Gasteiger partial charge in [-0.2, -0.15) is 0 Å². The predicted octanol–water partition coefficient (Wildman–Crippen LogP) is 1.37. The van der Waals surface area contributed by atoms with Crippen molar-refractivity contribution in [3.63, 3.8) is 0 Å². The molecule has 1 aromatic carbocycles. The molecule has 1 fully saturated rings. The number of carbonyl (C=O) groups is 2. The molecule has 2 amide bonds. The first-order valence-corrected chi connectivity index (χ1v) is 8.73. The summed E-state index contributed by atoms with van der Waals surface area (Å²) in [6, 6.07) is 8.24. The molecule has 3 rings (SSSR count). The molecule has 0 saturated carbocycles. The van der Waals surface area contributed by atoms with Gasteiger partial charge < -0.3 is 14.7 Å². The van der Waals surface area contributed by atoms with Gasteiger partial charge in [0.25, 0.3) is 0 Å². The Kier molecular flexibility index (Phi) is 4.63. The molecule has 2 aliphatic heterocycles. The van der Waals surface area contributed by atoms with Gasteiger partial charge in [-0.05, 0) is 38.4 Å². The van der Waals surface area contributed by atoms with Crippen LogP contribution in [0.1, 0.15) is 25.0 Å². The molecule has 0 aliphatic carbocycles. The normalized spacial score (nSPS) is 19.1. The largest absolute Gasteiger partial charge is 0.339 e. The summed E-state index contributed by atoms with van der Waals surface area (Å²) in [5, 5.41) is 0. The quantitative estimate of drug-likeness (QED) is 0.770. The summed E-state index contributed by atoms with van der Waals surface area (Å²) in [5.41, 5.74) is 1.51. The number of amides is 2. The van der Waals surface area contributed by atoms with Crippen molar-refractivity contribution in [3.05, 3.63) is 35.4 Å². The van der Waals surface area contributed by atoms with Gasteiger partial charge in [-0.1, -0.05) is 24.3 Å². The van der Waals surface area contributed by atoms with Gasteiger partial charge in [-0.25, -0.2) is 0 Å². The minimum absolute atomic E-state index is 0.0422. The zero-order chi connectivity index (χ0) is 17.3. The van der Waals surface area contributed by atoms with E-state index in [-0.39, 0.29) is 11.8 Å². The van der Waals surface area contributed by atoms with E-state index in [0.717, 1.165) is 19.5 Å². The van der Waals surface area contributed by atoms with E-state index in [9.17, 15) is 9.59 Å². The van der Waals surface area contributed by atoms with Crippen LogP contribution in [0.4, 0.5) is 0 Å². The Morgan fingerprint density at radius 2 is 1.46 bits per heavy atom. The molecule has 0 spiro atoms. The molecule has 0 bridgehead atoms. The van der Waals surface area contributed by atoms with Crippen molar-refractivity contribution in [1.29, 1.82) is 0 Å². The maximum absolute atomic E-state index is 13.0. The Labute approximate surface area is 144 Å². The summed E-state index contributed by atoms with van der Waals surface area (Å²) in [6.45, 7) is 7.99. The number of hydrogen-bond donors (Lipinski definition) is 0. The lowest BCUT2D eigenvalue weighted by Crippen LogP contribution is -2.55. The summed E-state index contributed by atoms with van der Waals surface area (Å²) in [5.74, 6) is -0.0969. The fourth-order valence-corrected chi connectivity index (χ4v) is 3.56. The van der Waals surface area contributed by atoms with Gasteiger partial charge >= 0.3 is 0 Å². The van der Waals surface area contributed by atoms with Crippen molar-refractivity contribution in [1.82, 2.24) is 14.7 Å². The lowest BCUT2D eigenvalue weighted by molar-refractivity contribution is -0.155. The fraction of sp³-hybridized carbons (Fsp3) is 0.579. The summed E-state index contributed by atoms with van der Waals surface area (Å²) in [4.78, 5) is 31.9. The van der Waals surface area contributed by atoms with Crippen LogP contribution in [-0.4, -0.2) is 66.3 Å². The maximum atomic E-state index is 13.0. The van der Waals surface area contributed by atoms with Gasteiger partial charge in [0.15, 0.2) is 0 Å². The second-order valence-corrected chi connectivity index (χ2v) is 7.47. The third-order valence-electron chi connectivity index (χ3n) is 5.28. The summed E-state index contributed by atoms with van der Waals surface area (Å²) >= 11 is 0. The van der Waals surface area contributed by atoms with Gasteiger partial charge in [0.2, 0.25) is 11.8 Å². The van der Waals surface area contributed by atoms with E-state index in [1.807, 2.05) is 21.9 Å². The summed E-state index contributed by atoms with van der Waals surface area (Å²) < 4.78 is 0. The first-order chi connectivity index (χ1) is 11.4. The minimum Gasteiger partial charge on any atom is -0.339 e. The number of fused-ring (bicyclic) bond motifs is 1. The zero-order valence-electron chi connectivity index (χ0n) is 14.9. The molecule has 0 atom stereocenters. The van der Waals surface area contributed by atoms with Gasteiger partial charge in [-0.15, -0.1) is 0 Å². The van der Waals surface area contributed by atoms with E-state index in [0.29, 0.717) is 26.2 Å². The maximum Gasteiger partial charge on any atom is 0.238 e. The number of rotatable bonds is 2. The Morgan fingerprint density at radius 3 is 2.12 bits per heavy atom. The van der Waals surface area contributed by atoms with Crippen LogP contribution in [0.15, 0.2) is 24.3 Å². The first-order valence-electron chi connectivity index (χ1n) is 8.73. The van der Waals surface area contributed by atoms with Crippen LogP contribution in [0, 0.1) is 5.41 Å². The predicted molar refractivity (Wildman–Crippen MR) is 93.4 cm³/mol. The first kappa shape index (κ1) is 17.0. The van der Waals surface area contributed by atoms with Crippen LogP contribution < -0.4 is 0 Å². The van der Waals surface area contributed by atoms with Crippen LogP contribution in [0.2, 0.25) is 0 Å². The van der Waals surface area contributed by atoms with Crippen LogP contribution in [0.3, 0.4) is 0 Å². The third kappa shape index (κ3) is 3.18. The van der Waals surface area contributed by atoms with E-state index in [4.69, 9.17) is 0 Å². The molecular weight excluding hydrogens is 302 g/mol. The fourth-order valence-electron chi connectivity index (χ4n) is 3.56. The molecule has 5 heteroatoms. The number of carbonyl (C=O) groups excluding carboxylic acids is 2. The van der Waals surface area contributed by atoms with E-state index < -0.39 is 5.41 Å². The lowest BCUT2D eigenvalue weighted by Gasteiger charge is -2.39. The number of hydrogen-bond acceptors (Lipinski definition) is 3. The van der Waals surface area contributed by atoms with Gasteiger partial charge in [0.1, 0.15) is 5.41 Å². The Hall–Kier alpha value is -1.88. The van der Waals surface area contributed by atoms with Crippen molar-refractivity contribution in [2.45, 2.75) is 26.8 Å². The molecule has 5 nitrogen and oxygen atoms in total. The van der Waals surface area contributed by atoms with Crippen molar-refractivity contribution in [2.24, 2.45) is 5.41 Å². The minimum atomic E-state index is -0.998. The second kappa shape index (κ2) is 6.55. The van der Waals surface area contributed by atoms with E-state index in [1.54, 1.807) is 13.8 Å². The molecule has 130 valence electrons. The van der Waals surface area contributed by atoms with Crippen LogP contribution >= 0.6 is 0 Å². The van der Waals surface area contributed by atoms with Crippen molar-refractivity contribution in [2.75, 3.05) is 39.8 Å². The lowest BCUT2D eigenvalue weighted by atomic mass is 9.87. The number of benzene rings is 1. The average Bonchev–Trinajstić information content (AvgIpc) is 2.60. The van der Waals surface area contributed by atoms with Crippen molar-refractivity contribution in [3.8, 4) is 0 Å². The molecule has 1 aromatic rings. The van der Waals surface area contributed by atoms with Gasteiger partial charge in [0, 0.05) is 39.3 Å². The highest BCUT2D eigenvalue weighted by molar-refractivity contribution is 6.04. The van der Waals surface area contributed by atoms with Gasteiger partial charge in [-0.3, -0.25) is 9.59 Å². The highest BCUT2D eigenvalue weighted by Gasteiger charge is 2.42. The standard InChI is InChI=1S/C19H27N3O2/c1-19(2,17(23)21-12-10-20(3)11-13-21)18(24)22-9-8-15-6-4-5-7-16(15)14-22/h4-7H,8-14H2,1-3H3. The Morgan fingerprint density at radius 1 is 0.875 bits per heavy atom. The molecular formula is C19H27N3O2. The van der Waals surface area contributed by atoms with E-state index in [2.05, 4.69) is 24.1 Å². The highest BCUT2D eigenvalue weighted by Crippen LogP contribution is 2.27. The van der Waals surface area contributed by atoms with Crippen molar-refractivity contribution >= 4 is 11.8 Å². The third-order valence-corrected chi connectivity index (χ3v) is 5.28. The Bertz CT molecular complexity index is 633. The molecule has 24 heavy (non-hydrogen) atoms. The topological polar surface area (TPSA) is 43.9 Å². The number of piperazine rings is 1. The average molecular weight is 329 g/mol. The van der Waals surface area contributed by atoms with Crippen LogP contribution in [0.5, 0.6) is 0 Å². The molecule has 0 N–H and O–H groups in total. The molecule has 0 radical (unpaired) electrons. The van der Waals surface area contributed by atoms with Crippen LogP contribution in [-0.2, 0) is 22.6 Å². The molecule has 1 saturated heterocycles. The molecule has 2 heterocycles.